The highest BCUT2D eigenvalue weighted by Crippen LogP contribution is 2.39. The van der Waals surface area contributed by atoms with E-state index in [1.807, 2.05) is 30.3 Å². The zero-order chi connectivity index (χ0) is 17.7. The number of rotatable bonds is 3. The first-order valence-electron chi connectivity index (χ1n) is 9.16. The molecule has 3 aromatic rings. The van der Waals surface area contributed by atoms with Gasteiger partial charge in [-0.15, -0.1) is 0 Å². The summed E-state index contributed by atoms with van der Waals surface area (Å²) in [5.41, 5.74) is 7.85. The van der Waals surface area contributed by atoms with Crippen LogP contribution in [0.25, 0.3) is 16.7 Å². The molecule has 2 aliphatic rings. The molecule has 1 saturated carbocycles. The van der Waals surface area contributed by atoms with Gasteiger partial charge >= 0.3 is 0 Å². The van der Waals surface area contributed by atoms with Crippen LogP contribution in [0.1, 0.15) is 25.1 Å². The molecule has 1 saturated heterocycles. The molecule has 7 nitrogen and oxygen atoms in total. The Balaban J connectivity index is 1.49. The van der Waals surface area contributed by atoms with E-state index >= 15 is 0 Å². The van der Waals surface area contributed by atoms with Crippen molar-refractivity contribution < 1.29 is 0 Å². The lowest BCUT2D eigenvalue weighted by molar-refractivity contribution is 0.288. The number of nitrogens with two attached hydrogens (primary N) is 1. The molecule has 3 heterocycles. The summed E-state index contributed by atoms with van der Waals surface area (Å²) in [6, 6.07) is 9.75. The Morgan fingerprint density at radius 3 is 2.96 bits per heavy atom. The number of aromatic nitrogens is 4. The summed E-state index contributed by atoms with van der Waals surface area (Å²) < 4.78 is 1.72. The zero-order valence-corrected chi connectivity index (χ0v) is 14.6. The maximum Gasteiger partial charge on any atom is 0.262 e. The van der Waals surface area contributed by atoms with Crippen molar-refractivity contribution in [2.45, 2.75) is 31.3 Å². The van der Waals surface area contributed by atoms with Gasteiger partial charge in [0.2, 0.25) is 0 Å². The van der Waals surface area contributed by atoms with E-state index in [0.717, 1.165) is 25.2 Å². The van der Waals surface area contributed by atoms with Gasteiger partial charge in [0.25, 0.3) is 5.56 Å². The number of aromatic amines is 1. The first-order valence-corrected chi connectivity index (χ1v) is 9.16. The number of para-hydroxylation sites is 1. The topological polar surface area (TPSA) is 92.8 Å². The summed E-state index contributed by atoms with van der Waals surface area (Å²) in [5, 5.41) is 4.86. The molecule has 1 aromatic carbocycles. The third kappa shape index (κ3) is 2.47. The molecule has 0 radical (unpaired) electrons. The predicted octanol–water partition coefficient (Wildman–Crippen LogP) is 1.42. The van der Waals surface area contributed by atoms with Crippen LogP contribution in [0.3, 0.4) is 0 Å². The Kier molecular flexibility index (Phi) is 3.48. The average Bonchev–Trinajstić information content (AvgIpc) is 3.27. The first-order chi connectivity index (χ1) is 12.6. The molecular weight excluding hydrogens is 328 g/mol. The van der Waals surface area contributed by atoms with Gasteiger partial charge < -0.3 is 10.7 Å². The molecule has 2 atom stereocenters. The number of benzene rings is 1. The Hall–Kier alpha value is -2.51. The normalized spacial score (nSPS) is 25.8. The molecule has 0 spiro atoms. The van der Waals surface area contributed by atoms with E-state index in [1.54, 1.807) is 10.9 Å². The highest BCUT2D eigenvalue weighted by atomic mass is 16.1. The third-order valence-electron chi connectivity index (χ3n) is 5.87. The Morgan fingerprint density at radius 1 is 1.31 bits per heavy atom. The summed E-state index contributed by atoms with van der Waals surface area (Å²) in [6.07, 6.45) is 5.11. The molecule has 0 amide bonds. The zero-order valence-electron chi connectivity index (χ0n) is 14.6. The van der Waals surface area contributed by atoms with Gasteiger partial charge in [-0.1, -0.05) is 24.6 Å². The summed E-state index contributed by atoms with van der Waals surface area (Å²) in [4.78, 5) is 22.4. The van der Waals surface area contributed by atoms with Crippen molar-refractivity contribution in [2.75, 3.05) is 13.1 Å². The molecule has 5 rings (SSSR count). The number of hydrogen-bond acceptors (Lipinski definition) is 5. The van der Waals surface area contributed by atoms with Crippen LogP contribution in [0.2, 0.25) is 0 Å². The average molecular weight is 350 g/mol. The van der Waals surface area contributed by atoms with E-state index in [1.165, 1.54) is 12.8 Å². The summed E-state index contributed by atoms with van der Waals surface area (Å²) in [7, 11) is 0. The lowest BCUT2D eigenvalue weighted by atomic mass is 9.92. The van der Waals surface area contributed by atoms with Crippen LogP contribution in [-0.4, -0.2) is 43.3 Å². The Bertz CT molecular complexity index is 1010. The van der Waals surface area contributed by atoms with Gasteiger partial charge in [0.05, 0.1) is 18.4 Å². The van der Waals surface area contributed by atoms with E-state index in [4.69, 9.17) is 10.7 Å². The van der Waals surface area contributed by atoms with Crippen molar-refractivity contribution in [3.05, 3.63) is 52.7 Å². The maximum absolute atomic E-state index is 12.5. The van der Waals surface area contributed by atoms with E-state index in [0.29, 0.717) is 29.3 Å². The van der Waals surface area contributed by atoms with Crippen LogP contribution in [0, 0.1) is 5.92 Å². The molecule has 2 unspecified atom stereocenters. The minimum atomic E-state index is -0.144. The number of H-pyrrole nitrogens is 1. The van der Waals surface area contributed by atoms with Crippen molar-refractivity contribution in [1.29, 1.82) is 0 Å². The van der Waals surface area contributed by atoms with E-state index in [2.05, 4.69) is 15.0 Å². The number of hydrogen-bond donors (Lipinski definition) is 2. The Morgan fingerprint density at radius 2 is 2.15 bits per heavy atom. The van der Waals surface area contributed by atoms with Crippen LogP contribution in [0.4, 0.5) is 0 Å². The van der Waals surface area contributed by atoms with Gasteiger partial charge in [0.15, 0.2) is 5.65 Å². The van der Waals surface area contributed by atoms with Crippen LogP contribution < -0.4 is 11.3 Å². The molecule has 2 aromatic heterocycles. The predicted molar refractivity (Wildman–Crippen MR) is 99.0 cm³/mol. The SMILES string of the molecule is NC12CCCC1CN(Cc1nc3c(cnn3-c3ccccc3)c(=O)[nH]1)C2. The number of likely N-dealkylation sites (tertiary alicyclic amines) is 1. The highest BCUT2D eigenvalue weighted by Gasteiger charge is 2.46. The molecule has 134 valence electrons. The van der Waals surface area contributed by atoms with Crippen molar-refractivity contribution in [3.63, 3.8) is 0 Å². The quantitative estimate of drug-likeness (QED) is 0.745. The lowest BCUT2D eigenvalue weighted by Gasteiger charge is -2.23. The maximum atomic E-state index is 12.5. The fraction of sp³-hybridized carbons (Fsp3) is 0.421. The van der Waals surface area contributed by atoms with Crippen LogP contribution in [0.15, 0.2) is 41.3 Å². The summed E-state index contributed by atoms with van der Waals surface area (Å²) in [5.74, 6) is 1.23. The molecule has 26 heavy (non-hydrogen) atoms. The minimum Gasteiger partial charge on any atom is -0.324 e. The van der Waals surface area contributed by atoms with Gasteiger partial charge in [-0.3, -0.25) is 9.69 Å². The summed E-state index contributed by atoms with van der Waals surface area (Å²) in [6.45, 7) is 2.47. The van der Waals surface area contributed by atoms with E-state index in [-0.39, 0.29) is 11.1 Å². The first kappa shape index (κ1) is 15.7. The second-order valence-corrected chi connectivity index (χ2v) is 7.63. The number of fused-ring (bicyclic) bond motifs is 2. The molecular formula is C19H22N6O. The van der Waals surface area contributed by atoms with E-state index in [9.17, 15) is 4.79 Å². The molecule has 7 heteroatoms. The van der Waals surface area contributed by atoms with Crippen LogP contribution in [-0.2, 0) is 6.54 Å². The number of nitrogens with one attached hydrogen (secondary N) is 1. The van der Waals surface area contributed by atoms with Crippen molar-refractivity contribution in [2.24, 2.45) is 11.7 Å². The van der Waals surface area contributed by atoms with Crippen LogP contribution in [0.5, 0.6) is 0 Å². The molecule has 1 aliphatic carbocycles. The lowest BCUT2D eigenvalue weighted by Crippen LogP contribution is -2.44. The van der Waals surface area contributed by atoms with Gasteiger partial charge in [-0.25, -0.2) is 9.67 Å². The molecule has 3 N–H and O–H groups in total. The smallest absolute Gasteiger partial charge is 0.262 e. The fourth-order valence-corrected chi connectivity index (χ4v) is 4.57. The van der Waals surface area contributed by atoms with Crippen molar-refractivity contribution in [1.82, 2.24) is 24.6 Å². The Labute approximate surface area is 150 Å². The van der Waals surface area contributed by atoms with Gasteiger partial charge in [0.1, 0.15) is 11.2 Å². The standard InChI is InChI=1S/C19H22N6O/c20-19-8-4-5-13(19)10-24(12-19)11-16-22-17-15(18(26)23-16)9-21-25(17)14-6-2-1-3-7-14/h1-3,6-7,9,13H,4-5,8,10-12,20H2,(H,22,23,26). The second kappa shape index (κ2) is 5.75. The van der Waals surface area contributed by atoms with Gasteiger partial charge in [0, 0.05) is 18.6 Å². The summed E-state index contributed by atoms with van der Waals surface area (Å²) >= 11 is 0. The van der Waals surface area contributed by atoms with Crippen LogP contribution >= 0.6 is 0 Å². The highest BCUT2D eigenvalue weighted by molar-refractivity contribution is 5.75. The minimum absolute atomic E-state index is 0.0593. The molecule has 0 bridgehead atoms. The van der Waals surface area contributed by atoms with Crippen molar-refractivity contribution >= 4 is 11.0 Å². The molecule has 2 fully saturated rings. The number of nitrogens with zero attached hydrogens (tertiary/aromatic N) is 4. The van der Waals surface area contributed by atoms with Gasteiger partial charge in [-0.2, -0.15) is 5.10 Å². The molecule has 1 aliphatic heterocycles. The van der Waals surface area contributed by atoms with Crippen molar-refractivity contribution in [3.8, 4) is 5.69 Å². The monoisotopic (exact) mass is 350 g/mol. The van der Waals surface area contributed by atoms with Gasteiger partial charge in [-0.05, 0) is 30.9 Å². The van der Waals surface area contributed by atoms with E-state index < -0.39 is 0 Å². The largest absolute Gasteiger partial charge is 0.324 e. The third-order valence-corrected chi connectivity index (χ3v) is 5.87. The second-order valence-electron chi connectivity index (χ2n) is 7.63. The fourth-order valence-electron chi connectivity index (χ4n) is 4.57.